The maximum absolute atomic E-state index is 12.8. The molecule has 5 nitrogen and oxygen atoms in total. The Balaban J connectivity index is 0.000000244. The van der Waals surface area contributed by atoms with Crippen molar-refractivity contribution in [1.29, 1.82) is 0 Å². The molecular weight excluding hydrogens is 606 g/mol. The molecule has 0 unspecified atom stereocenters. The molecular formula is C44H49NO4. The number of ether oxygens (including phenoxy) is 1. The monoisotopic (exact) mass is 655 g/mol. The number of phenolic OH excluding ortho intramolecular Hbond substituents is 1. The van der Waals surface area contributed by atoms with Gasteiger partial charge in [0.25, 0.3) is 0 Å². The molecule has 0 saturated heterocycles. The summed E-state index contributed by atoms with van der Waals surface area (Å²) in [7, 11) is 0. The molecule has 8 rings (SSSR count). The summed E-state index contributed by atoms with van der Waals surface area (Å²) in [4.78, 5) is 17.6. The van der Waals surface area contributed by atoms with Crippen molar-refractivity contribution in [3.63, 3.8) is 0 Å². The van der Waals surface area contributed by atoms with Gasteiger partial charge in [-0.3, -0.25) is 0 Å². The van der Waals surface area contributed by atoms with E-state index < -0.39 is 5.63 Å². The van der Waals surface area contributed by atoms with E-state index in [0.717, 1.165) is 35.8 Å². The lowest BCUT2D eigenvalue weighted by molar-refractivity contribution is 0.418. The second-order valence-electron chi connectivity index (χ2n) is 14.3. The molecule has 1 heterocycles. The summed E-state index contributed by atoms with van der Waals surface area (Å²) in [5.41, 5.74) is 5.84. The van der Waals surface area contributed by atoms with Crippen molar-refractivity contribution in [2.24, 2.45) is 0 Å². The zero-order chi connectivity index (χ0) is 33.4. The third-order valence-electron chi connectivity index (χ3n) is 11.0. The van der Waals surface area contributed by atoms with Crippen LogP contribution < -0.4 is 10.4 Å². The van der Waals surface area contributed by atoms with E-state index in [2.05, 4.69) is 42.5 Å². The fourth-order valence-corrected chi connectivity index (χ4v) is 8.20. The van der Waals surface area contributed by atoms with Gasteiger partial charge in [-0.25, -0.2) is 9.78 Å². The lowest BCUT2D eigenvalue weighted by atomic mass is 9.83. The quantitative estimate of drug-likeness (QED) is 0.197. The topological polar surface area (TPSA) is 72.6 Å². The normalized spacial score (nSPS) is 17.7. The van der Waals surface area contributed by atoms with Gasteiger partial charge in [0.15, 0.2) is 11.3 Å². The molecule has 49 heavy (non-hydrogen) atoms. The minimum atomic E-state index is -0.429. The Labute approximate surface area is 290 Å². The first kappa shape index (κ1) is 33.1. The van der Waals surface area contributed by atoms with Gasteiger partial charge in [-0.15, -0.1) is 0 Å². The molecule has 254 valence electrons. The first-order valence-electron chi connectivity index (χ1n) is 18.7. The van der Waals surface area contributed by atoms with Crippen LogP contribution in [-0.2, 0) is 0 Å². The summed E-state index contributed by atoms with van der Waals surface area (Å²) in [5.74, 6) is 3.81. The van der Waals surface area contributed by atoms with Crippen LogP contribution in [-0.4, -0.2) is 10.1 Å². The molecule has 3 aliphatic carbocycles. The fraction of sp³-hybridized carbons (Fsp3) is 0.409. The van der Waals surface area contributed by atoms with Crippen LogP contribution in [0.15, 0.2) is 100 Å². The van der Waals surface area contributed by atoms with Crippen molar-refractivity contribution in [1.82, 2.24) is 4.98 Å². The Morgan fingerprint density at radius 2 is 1.14 bits per heavy atom. The molecule has 5 heteroatoms. The molecule has 4 aromatic carbocycles. The summed E-state index contributed by atoms with van der Waals surface area (Å²) in [6, 6.07) is 29.8. The van der Waals surface area contributed by atoms with Gasteiger partial charge < -0.3 is 14.3 Å². The van der Waals surface area contributed by atoms with Crippen LogP contribution in [0, 0.1) is 0 Å². The number of rotatable bonds is 6. The van der Waals surface area contributed by atoms with Crippen molar-refractivity contribution < 1.29 is 14.3 Å². The van der Waals surface area contributed by atoms with Crippen LogP contribution in [0.2, 0.25) is 0 Å². The summed E-state index contributed by atoms with van der Waals surface area (Å²) in [6.07, 6.45) is 19.4. The molecule has 0 atom stereocenters. The van der Waals surface area contributed by atoms with Crippen LogP contribution in [0.5, 0.6) is 17.2 Å². The van der Waals surface area contributed by atoms with Crippen LogP contribution in [0.1, 0.15) is 131 Å². The average molecular weight is 656 g/mol. The first-order chi connectivity index (χ1) is 24.1. The molecule has 5 aromatic rings. The number of benzene rings is 4. The summed E-state index contributed by atoms with van der Waals surface area (Å²) in [5, 5.41) is 9.16. The zero-order valence-corrected chi connectivity index (χ0v) is 28.6. The Morgan fingerprint density at radius 1 is 0.612 bits per heavy atom. The molecule has 0 aliphatic heterocycles. The third kappa shape index (κ3) is 8.26. The van der Waals surface area contributed by atoms with Gasteiger partial charge in [0.2, 0.25) is 0 Å². The lowest BCUT2D eigenvalue weighted by Crippen LogP contribution is -2.09. The molecule has 1 aromatic heterocycles. The van der Waals surface area contributed by atoms with E-state index in [4.69, 9.17) is 19.2 Å². The smallest absolute Gasteiger partial charge is 0.363 e. The molecule has 3 aliphatic rings. The van der Waals surface area contributed by atoms with Crippen molar-refractivity contribution in [2.45, 2.75) is 114 Å². The number of hydrogen-bond donors (Lipinski definition) is 1. The molecule has 1 N–H and O–H groups in total. The van der Waals surface area contributed by atoms with E-state index in [1.165, 1.54) is 100 Å². The molecule has 0 spiro atoms. The van der Waals surface area contributed by atoms with Gasteiger partial charge in [0.1, 0.15) is 22.8 Å². The van der Waals surface area contributed by atoms with Crippen LogP contribution in [0.3, 0.4) is 0 Å². The highest BCUT2D eigenvalue weighted by Gasteiger charge is 2.23. The van der Waals surface area contributed by atoms with E-state index in [1.807, 2.05) is 36.4 Å². The second-order valence-corrected chi connectivity index (χ2v) is 14.3. The molecule has 0 radical (unpaired) electrons. The number of aromatic hydroxyl groups is 1. The first-order valence-corrected chi connectivity index (χ1v) is 18.7. The highest BCUT2D eigenvalue weighted by Crippen LogP contribution is 2.41. The summed E-state index contributed by atoms with van der Waals surface area (Å²) < 4.78 is 12.2. The van der Waals surface area contributed by atoms with Gasteiger partial charge >= 0.3 is 5.63 Å². The summed E-state index contributed by atoms with van der Waals surface area (Å²) >= 11 is 0. The molecule has 3 fully saturated rings. The van der Waals surface area contributed by atoms with E-state index in [1.54, 1.807) is 12.1 Å². The van der Waals surface area contributed by atoms with Gasteiger partial charge in [-0.2, -0.15) is 0 Å². The van der Waals surface area contributed by atoms with E-state index >= 15 is 0 Å². The maximum Gasteiger partial charge on any atom is 0.363 e. The van der Waals surface area contributed by atoms with E-state index in [-0.39, 0.29) is 0 Å². The third-order valence-corrected chi connectivity index (χ3v) is 11.0. The van der Waals surface area contributed by atoms with Gasteiger partial charge in [-0.05, 0) is 97.7 Å². The molecule has 3 saturated carbocycles. The van der Waals surface area contributed by atoms with Gasteiger partial charge in [0.05, 0.1) is 0 Å². The number of phenols is 1. The van der Waals surface area contributed by atoms with Crippen LogP contribution in [0.25, 0.3) is 22.4 Å². The second kappa shape index (κ2) is 15.9. The van der Waals surface area contributed by atoms with Crippen molar-refractivity contribution >= 4 is 11.1 Å². The predicted molar refractivity (Wildman–Crippen MR) is 198 cm³/mol. The number of aromatic nitrogens is 1. The number of nitrogens with zero attached hydrogens (tertiary/aromatic N) is 1. The molecule has 0 bridgehead atoms. The lowest BCUT2D eigenvalue weighted by Gasteiger charge is -2.25. The fourth-order valence-electron chi connectivity index (χ4n) is 8.20. The minimum absolute atomic E-state index is 0.352. The van der Waals surface area contributed by atoms with E-state index in [9.17, 15) is 4.79 Å². The zero-order valence-electron chi connectivity index (χ0n) is 28.6. The Bertz CT molecular complexity index is 1840. The number of fused-ring (bicyclic) bond motifs is 1. The number of hydrogen-bond acceptors (Lipinski definition) is 5. The highest BCUT2D eigenvalue weighted by atomic mass is 16.5. The van der Waals surface area contributed by atoms with Gasteiger partial charge in [0, 0.05) is 17.2 Å². The predicted octanol–water partition coefficient (Wildman–Crippen LogP) is 12.2. The van der Waals surface area contributed by atoms with Gasteiger partial charge in [-0.1, -0.05) is 112 Å². The van der Waals surface area contributed by atoms with E-state index in [0.29, 0.717) is 34.4 Å². The Morgan fingerprint density at radius 3 is 1.71 bits per heavy atom. The Hall–Kier alpha value is -4.38. The van der Waals surface area contributed by atoms with Crippen molar-refractivity contribution in [3.05, 3.63) is 118 Å². The minimum Gasteiger partial charge on any atom is -0.508 e. The van der Waals surface area contributed by atoms with Crippen LogP contribution >= 0.6 is 0 Å². The average Bonchev–Trinajstić information content (AvgIpc) is 3.17. The summed E-state index contributed by atoms with van der Waals surface area (Å²) in [6.45, 7) is 0. The van der Waals surface area contributed by atoms with Crippen LogP contribution in [0.4, 0.5) is 0 Å². The highest BCUT2D eigenvalue weighted by molar-refractivity contribution is 5.78. The SMILES string of the molecule is O=c1oc2cc(Oc3ccc(C4CCCCC4)cc3)c(C3CCCCC3)cc2nc1-c1ccccc1.Oc1ccc(C2CCCCC2)cc1. The Kier molecular flexibility index (Phi) is 10.7. The maximum atomic E-state index is 12.8. The van der Waals surface area contributed by atoms with Crippen molar-refractivity contribution in [3.8, 4) is 28.5 Å². The van der Waals surface area contributed by atoms with Crippen molar-refractivity contribution in [2.75, 3.05) is 0 Å². The largest absolute Gasteiger partial charge is 0.508 e. The standard InChI is InChI=1S/C32H33NO3.C12H16O/c34-32-31(25-14-8-3-9-15-25)33-28-20-27(24-12-6-2-7-13-24)29(21-30(28)36-32)35-26-18-16-23(17-19-26)22-10-4-1-5-11-22;13-12-8-6-11(7-9-12)10-4-2-1-3-5-10/h3,8-9,14-22,24H,1-2,4-7,10-13H2;6-10,13H,1-5H2. The molecule has 0 amide bonds.